The third-order valence-corrected chi connectivity index (χ3v) is 1.81. The summed E-state index contributed by atoms with van der Waals surface area (Å²) < 4.78 is 0. The molecular formula is C3H6BCl2NO. The van der Waals surface area contributed by atoms with Gasteiger partial charge in [0.1, 0.15) is 0 Å². The molecule has 0 aromatic rings. The van der Waals surface area contributed by atoms with Crippen molar-refractivity contribution in [2.45, 2.75) is 5.82 Å². The number of hydroxylamine groups is 1. The normalized spacial score (nSPS) is 28.5. The van der Waals surface area contributed by atoms with Gasteiger partial charge >= 0.3 is 5.54 Å². The Morgan fingerprint density at radius 1 is 1.62 bits per heavy atom. The van der Waals surface area contributed by atoms with E-state index in [4.69, 9.17) is 27.8 Å². The van der Waals surface area contributed by atoms with Crippen LogP contribution in [0.15, 0.2) is 0 Å². The van der Waals surface area contributed by atoms with Gasteiger partial charge in [-0.3, -0.25) is 0 Å². The largest absolute Gasteiger partial charge is 0.358 e. The van der Waals surface area contributed by atoms with Gasteiger partial charge < -0.3 is 4.84 Å². The number of halogens is 2. The van der Waals surface area contributed by atoms with Gasteiger partial charge in [-0.1, -0.05) is 0 Å². The zero-order chi connectivity index (χ0) is 5.98. The van der Waals surface area contributed by atoms with Gasteiger partial charge in [0.05, 0.1) is 6.61 Å². The van der Waals surface area contributed by atoms with Crippen LogP contribution in [0.25, 0.3) is 0 Å². The van der Waals surface area contributed by atoms with E-state index < -0.39 is 0 Å². The van der Waals surface area contributed by atoms with Crippen LogP contribution in [-0.4, -0.2) is 18.7 Å². The van der Waals surface area contributed by atoms with Gasteiger partial charge in [-0.2, -0.15) is 22.9 Å². The van der Waals surface area contributed by atoms with Crippen LogP contribution in [0.1, 0.15) is 0 Å². The van der Waals surface area contributed by atoms with Crippen molar-refractivity contribution in [3.63, 3.8) is 0 Å². The second-order valence-corrected chi connectivity index (χ2v) is 2.92. The molecule has 46 valence electrons. The van der Waals surface area contributed by atoms with Gasteiger partial charge in [0.2, 0.25) is 0 Å². The van der Waals surface area contributed by atoms with E-state index in [1.807, 2.05) is 0 Å². The summed E-state index contributed by atoms with van der Waals surface area (Å²) in [5.41, 5.74) is 2.38. The van der Waals surface area contributed by atoms with E-state index in [9.17, 15) is 0 Å². The average molecular weight is 154 g/mol. The first kappa shape index (κ1) is 6.68. The Labute approximate surface area is 58.3 Å². The molecule has 0 aromatic heterocycles. The van der Waals surface area contributed by atoms with Crippen molar-refractivity contribution in [1.82, 2.24) is 5.48 Å². The average Bonchev–Trinajstić information content (AvgIpc) is 2.12. The molecule has 0 aliphatic carbocycles. The number of hydrogen-bond acceptors (Lipinski definition) is 2. The summed E-state index contributed by atoms with van der Waals surface area (Å²) in [5, 5.41) is 0. The Balaban J connectivity index is 2.24. The molecule has 0 bridgehead atoms. The van der Waals surface area contributed by atoms with Gasteiger partial charge in [0, 0.05) is 12.4 Å². The van der Waals surface area contributed by atoms with Crippen LogP contribution in [0, 0.1) is 0 Å². The zero-order valence-electron chi connectivity index (χ0n) is 4.23. The topological polar surface area (TPSA) is 21.3 Å². The minimum atomic E-state index is -0.301. The van der Waals surface area contributed by atoms with Crippen LogP contribution in [0.4, 0.5) is 0 Å². The maximum absolute atomic E-state index is 5.53. The fraction of sp³-hybridized carbons (Fsp3) is 1.00. The first-order chi connectivity index (χ1) is 3.80. The van der Waals surface area contributed by atoms with E-state index in [1.54, 1.807) is 0 Å². The molecule has 2 nitrogen and oxygen atoms in total. The van der Waals surface area contributed by atoms with Crippen molar-refractivity contribution in [1.29, 1.82) is 0 Å². The van der Waals surface area contributed by atoms with Crippen molar-refractivity contribution < 1.29 is 4.84 Å². The van der Waals surface area contributed by atoms with Crippen LogP contribution >= 0.6 is 22.9 Å². The van der Waals surface area contributed by atoms with E-state index in [2.05, 4.69) is 5.48 Å². The van der Waals surface area contributed by atoms with E-state index in [0.29, 0.717) is 6.61 Å². The minimum absolute atomic E-state index is 0.262. The second kappa shape index (κ2) is 2.92. The Bertz CT molecular complexity index is 75.7. The molecule has 1 atom stereocenters. The summed E-state index contributed by atoms with van der Waals surface area (Å²) in [4.78, 5) is 4.80. The summed E-state index contributed by atoms with van der Waals surface area (Å²) in [6.07, 6.45) is 0. The monoisotopic (exact) mass is 153 g/mol. The van der Waals surface area contributed by atoms with E-state index in [0.717, 1.165) is 6.54 Å². The molecule has 0 aromatic carbocycles. The molecule has 0 unspecified atom stereocenters. The van der Waals surface area contributed by atoms with Crippen molar-refractivity contribution >= 4 is 28.5 Å². The number of hydrogen-bond donors (Lipinski definition) is 1. The molecule has 1 heterocycles. The molecule has 1 saturated heterocycles. The number of rotatable bonds is 1. The summed E-state index contributed by atoms with van der Waals surface area (Å²) in [6, 6.07) is 0. The van der Waals surface area contributed by atoms with E-state index >= 15 is 0 Å². The first-order valence-corrected chi connectivity index (χ1v) is 3.31. The van der Waals surface area contributed by atoms with E-state index in [-0.39, 0.29) is 11.4 Å². The SMILES string of the molecule is ClB(Cl)[C@@H]1CNOC1. The molecule has 1 fully saturated rings. The molecule has 0 spiro atoms. The smallest absolute Gasteiger partial charge is 0.302 e. The van der Waals surface area contributed by atoms with Crippen LogP contribution in [0.5, 0.6) is 0 Å². The predicted octanol–water partition coefficient (Wildman–Crippen LogP) is 0.857. The van der Waals surface area contributed by atoms with Gasteiger partial charge in [-0.15, -0.1) is 0 Å². The van der Waals surface area contributed by atoms with Gasteiger partial charge in [-0.05, 0) is 0 Å². The third kappa shape index (κ3) is 1.52. The molecule has 1 aliphatic rings. The molecular weight excluding hydrogens is 148 g/mol. The molecule has 1 N–H and O–H groups in total. The maximum Gasteiger partial charge on any atom is 0.358 e. The Hall–Kier alpha value is 0.565. The molecule has 8 heavy (non-hydrogen) atoms. The Morgan fingerprint density at radius 2 is 2.38 bits per heavy atom. The van der Waals surface area contributed by atoms with Crippen molar-refractivity contribution in [3.05, 3.63) is 0 Å². The van der Waals surface area contributed by atoms with Crippen molar-refractivity contribution in [2.24, 2.45) is 0 Å². The van der Waals surface area contributed by atoms with Gasteiger partial charge in [0.15, 0.2) is 0 Å². The zero-order valence-corrected chi connectivity index (χ0v) is 5.74. The second-order valence-electron chi connectivity index (χ2n) is 1.75. The highest BCUT2D eigenvalue weighted by Crippen LogP contribution is 2.19. The van der Waals surface area contributed by atoms with Gasteiger partial charge in [-0.25, -0.2) is 5.48 Å². The minimum Gasteiger partial charge on any atom is -0.302 e. The molecule has 0 saturated carbocycles. The molecule has 0 amide bonds. The standard InChI is InChI=1S/C3H6BCl2NO/c5-4(6)3-1-7-8-2-3/h3,7H,1-2H2/t3-/m1/s1. The van der Waals surface area contributed by atoms with Crippen LogP contribution in [0.3, 0.4) is 0 Å². The van der Waals surface area contributed by atoms with Crippen LogP contribution < -0.4 is 5.48 Å². The Kier molecular flexibility index (Phi) is 2.44. The maximum atomic E-state index is 5.53. The lowest BCUT2D eigenvalue weighted by atomic mass is 9.86. The highest BCUT2D eigenvalue weighted by molar-refractivity contribution is 7.34. The van der Waals surface area contributed by atoms with Crippen molar-refractivity contribution in [2.75, 3.05) is 13.2 Å². The summed E-state index contributed by atoms with van der Waals surface area (Å²) in [5.74, 6) is 0.262. The number of nitrogens with one attached hydrogen (secondary N) is 1. The molecule has 0 radical (unpaired) electrons. The highest BCUT2D eigenvalue weighted by atomic mass is 35.5. The fourth-order valence-electron chi connectivity index (χ4n) is 0.553. The quantitative estimate of drug-likeness (QED) is 0.565. The van der Waals surface area contributed by atoms with Crippen LogP contribution in [-0.2, 0) is 4.84 Å². The summed E-state index contributed by atoms with van der Waals surface area (Å²) >= 11 is 11.1. The molecule has 5 heteroatoms. The van der Waals surface area contributed by atoms with Crippen LogP contribution in [0.2, 0.25) is 5.82 Å². The molecule has 1 aliphatic heterocycles. The summed E-state index contributed by atoms with van der Waals surface area (Å²) in [6.45, 7) is 1.38. The lowest BCUT2D eigenvalue weighted by Gasteiger charge is -1.99. The third-order valence-electron chi connectivity index (χ3n) is 1.10. The van der Waals surface area contributed by atoms with Crippen molar-refractivity contribution in [3.8, 4) is 0 Å². The molecule has 1 rings (SSSR count). The Morgan fingerprint density at radius 3 is 2.62 bits per heavy atom. The fourth-order valence-corrected chi connectivity index (χ4v) is 0.876. The van der Waals surface area contributed by atoms with E-state index in [1.165, 1.54) is 0 Å². The first-order valence-electron chi connectivity index (χ1n) is 2.43. The lowest BCUT2D eigenvalue weighted by molar-refractivity contribution is 0.103. The highest BCUT2D eigenvalue weighted by Gasteiger charge is 2.25. The summed E-state index contributed by atoms with van der Waals surface area (Å²) in [7, 11) is 0. The van der Waals surface area contributed by atoms with Gasteiger partial charge in [0.25, 0.3) is 0 Å². The lowest BCUT2D eigenvalue weighted by Crippen LogP contribution is -2.12. The predicted molar refractivity (Wildman–Crippen MR) is 35.2 cm³/mol.